The van der Waals surface area contributed by atoms with Crippen LogP contribution < -0.4 is 10.9 Å². The molecule has 0 aromatic carbocycles. The van der Waals surface area contributed by atoms with E-state index in [0.29, 0.717) is 0 Å². The number of hydrogen-bond acceptors (Lipinski definition) is 8. The molecule has 0 saturated heterocycles. The average molecular weight is 428 g/mol. The van der Waals surface area contributed by atoms with E-state index >= 15 is 0 Å². The Morgan fingerprint density at radius 1 is 0.741 bits per heavy atom. The second kappa shape index (κ2) is 13.4. The zero-order chi connectivity index (χ0) is 20.2. The van der Waals surface area contributed by atoms with Crippen molar-refractivity contribution in [1.82, 2.24) is 10.9 Å². The molecule has 1 aliphatic rings. The van der Waals surface area contributed by atoms with E-state index in [1.807, 2.05) is 0 Å². The number of hydrogen-bond donors (Lipinski definition) is 2. The van der Waals surface area contributed by atoms with Crippen LogP contribution in [0.25, 0.3) is 0 Å². The maximum atomic E-state index is 13.4. The molecule has 1 aliphatic carbocycles. The van der Waals surface area contributed by atoms with Gasteiger partial charge in [0, 0.05) is 6.04 Å². The summed E-state index contributed by atoms with van der Waals surface area (Å²) >= 11 is 0. The molecular formula is C17H38N2O6P2. The fourth-order valence-corrected chi connectivity index (χ4v) is 8.01. The van der Waals surface area contributed by atoms with E-state index in [0.717, 1.165) is 25.7 Å². The molecule has 0 aromatic heterocycles. The van der Waals surface area contributed by atoms with Crippen molar-refractivity contribution in [1.29, 1.82) is 0 Å². The molecule has 10 heteroatoms. The quantitative estimate of drug-likeness (QED) is 0.312. The molecule has 0 aliphatic heterocycles. The molecule has 1 rings (SSSR count). The summed E-state index contributed by atoms with van der Waals surface area (Å²) in [7, 11) is -7.57. The van der Waals surface area contributed by atoms with Gasteiger partial charge in [0.15, 0.2) is 0 Å². The molecule has 27 heavy (non-hydrogen) atoms. The largest absolute Gasteiger partial charge is 0.361 e. The molecule has 0 atom stereocenters. The summed E-state index contributed by atoms with van der Waals surface area (Å²) in [6.45, 7) is 7.53. The Labute approximate surface area is 164 Å². The second-order valence-corrected chi connectivity index (χ2v) is 11.1. The fraction of sp³-hybridized carbons (Fsp3) is 1.00. The van der Waals surface area contributed by atoms with Crippen LogP contribution in [0.2, 0.25) is 0 Å². The molecule has 1 saturated carbocycles. The Balaban J connectivity index is 3.03. The average Bonchev–Trinajstić information content (AvgIpc) is 2.57. The van der Waals surface area contributed by atoms with Crippen molar-refractivity contribution in [2.45, 2.75) is 84.2 Å². The third-order valence-electron chi connectivity index (χ3n) is 4.36. The monoisotopic (exact) mass is 428 g/mol. The lowest BCUT2D eigenvalue weighted by Gasteiger charge is -2.33. The zero-order valence-electron chi connectivity index (χ0n) is 17.3. The highest BCUT2D eigenvalue weighted by atomic mass is 31.2. The van der Waals surface area contributed by atoms with Crippen molar-refractivity contribution in [3.8, 4) is 0 Å². The standard InChI is InChI=1S/C17H38N2O6P2/c1-5-22-26(20,23-6-2)17(27(21,24-7-3)25-8-4)19-18-16-14-12-10-9-11-13-15-16/h16-19H,5-15H2,1-4H3. The Morgan fingerprint density at radius 3 is 1.48 bits per heavy atom. The third-order valence-corrected chi connectivity index (χ3v) is 9.98. The SMILES string of the molecule is CCOP(=O)(OCC)C(NNC1CCCCCCC1)P(=O)(OCC)OCC. The molecule has 2 N–H and O–H groups in total. The maximum Gasteiger partial charge on any atom is 0.361 e. The van der Waals surface area contributed by atoms with Crippen LogP contribution in [-0.2, 0) is 27.2 Å². The van der Waals surface area contributed by atoms with Crippen molar-refractivity contribution in [3.05, 3.63) is 0 Å². The summed E-state index contributed by atoms with van der Waals surface area (Å²) in [4.78, 5) is 0. The van der Waals surface area contributed by atoms with Crippen molar-refractivity contribution in [2.75, 3.05) is 26.4 Å². The Kier molecular flexibility index (Phi) is 12.6. The highest BCUT2D eigenvalue weighted by Crippen LogP contribution is 2.69. The van der Waals surface area contributed by atoms with E-state index in [2.05, 4.69) is 10.9 Å². The molecule has 8 nitrogen and oxygen atoms in total. The van der Waals surface area contributed by atoms with Gasteiger partial charge in [-0.2, -0.15) is 0 Å². The molecule has 0 radical (unpaired) electrons. The van der Waals surface area contributed by atoms with Gasteiger partial charge in [-0.25, -0.2) is 5.43 Å². The van der Waals surface area contributed by atoms with E-state index < -0.39 is 20.7 Å². The lowest BCUT2D eigenvalue weighted by Crippen LogP contribution is -2.47. The maximum absolute atomic E-state index is 13.4. The zero-order valence-corrected chi connectivity index (χ0v) is 19.1. The van der Waals surface area contributed by atoms with E-state index in [1.165, 1.54) is 19.3 Å². The predicted octanol–water partition coefficient (Wildman–Crippen LogP) is 5.01. The van der Waals surface area contributed by atoms with Crippen LogP contribution in [0.15, 0.2) is 0 Å². The summed E-state index contributed by atoms with van der Waals surface area (Å²) in [6, 6.07) is 0.196. The van der Waals surface area contributed by atoms with Gasteiger partial charge in [0.25, 0.3) is 0 Å². The molecule has 0 heterocycles. The first-order chi connectivity index (χ1) is 13.0. The van der Waals surface area contributed by atoms with Gasteiger partial charge < -0.3 is 18.1 Å². The molecule has 162 valence electrons. The third kappa shape index (κ3) is 8.23. The van der Waals surface area contributed by atoms with Gasteiger partial charge in [0.1, 0.15) is 0 Å². The molecule has 0 spiro atoms. The van der Waals surface area contributed by atoms with Gasteiger partial charge in [0.05, 0.1) is 26.4 Å². The van der Waals surface area contributed by atoms with E-state index in [-0.39, 0.29) is 32.5 Å². The Morgan fingerprint density at radius 2 is 1.11 bits per heavy atom. The summed E-state index contributed by atoms with van der Waals surface area (Å²) in [5.74, 6) is 0. The van der Waals surface area contributed by atoms with Gasteiger partial charge >= 0.3 is 15.2 Å². The molecule has 0 unspecified atom stereocenters. The minimum atomic E-state index is -3.78. The van der Waals surface area contributed by atoms with E-state index in [1.54, 1.807) is 27.7 Å². The van der Waals surface area contributed by atoms with Crippen molar-refractivity contribution in [3.63, 3.8) is 0 Å². The number of rotatable bonds is 13. The number of hydrazine groups is 1. The van der Waals surface area contributed by atoms with Crippen LogP contribution >= 0.6 is 15.2 Å². The van der Waals surface area contributed by atoms with Crippen LogP contribution in [0.1, 0.15) is 72.6 Å². The highest BCUT2D eigenvalue weighted by Gasteiger charge is 2.51. The van der Waals surface area contributed by atoms with Gasteiger partial charge in [-0.3, -0.25) is 14.6 Å². The first kappa shape index (κ1) is 25.3. The van der Waals surface area contributed by atoms with Crippen molar-refractivity contribution >= 4 is 15.2 Å². The molecule has 0 aromatic rings. The predicted molar refractivity (Wildman–Crippen MR) is 108 cm³/mol. The fourth-order valence-electron chi connectivity index (χ4n) is 3.20. The molecule has 1 fully saturated rings. The van der Waals surface area contributed by atoms with Gasteiger partial charge in [-0.05, 0) is 40.5 Å². The van der Waals surface area contributed by atoms with Crippen LogP contribution in [-0.4, -0.2) is 38.0 Å². The second-order valence-electron chi connectivity index (χ2n) is 6.46. The van der Waals surface area contributed by atoms with E-state index in [4.69, 9.17) is 18.1 Å². The summed E-state index contributed by atoms with van der Waals surface area (Å²) in [5, 5.41) is 0. The summed E-state index contributed by atoms with van der Waals surface area (Å²) < 4.78 is 48.7. The smallest absolute Gasteiger partial charge is 0.307 e. The highest BCUT2D eigenvalue weighted by molar-refractivity contribution is 7.72. The first-order valence-electron chi connectivity index (χ1n) is 10.2. The van der Waals surface area contributed by atoms with Crippen LogP contribution in [0.5, 0.6) is 0 Å². The minimum Gasteiger partial charge on any atom is -0.307 e. The van der Waals surface area contributed by atoms with Crippen molar-refractivity contribution < 1.29 is 27.2 Å². The van der Waals surface area contributed by atoms with Crippen LogP contribution in [0.4, 0.5) is 0 Å². The van der Waals surface area contributed by atoms with Gasteiger partial charge in [-0.15, -0.1) is 0 Å². The topological polar surface area (TPSA) is 95.1 Å². The van der Waals surface area contributed by atoms with Crippen LogP contribution in [0.3, 0.4) is 0 Å². The molecule has 0 amide bonds. The molecular weight excluding hydrogens is 390 g/mol. The van der Waals surface area contributed by atoms with Crippen LogP contribution in [0, 0.1) is 0 Å². The molecule has 0 bridgehead atoms. The number of nitrogens with one attached hydrogen (secondary N) is 2. The summed E-state index contributed by atoms with van der Waals surface area (Å²) in [5.41, 5.74) is 4.98. The van der Waals surface area contributed by atoms with E-state index in [9.17, 15) is 9.13 Å². The lowest BCUT2D eigenvalue weighted by molar-refractivity contribution is 0.184. The normalized spacial score (nSPS) is 17.8. The Bertz CT molecular complexity index is 436. The lowest BCUT2D eigenvalue weighted by atomic mass is 9.97. The van der Waals surface area contributed by atoms with Gasteiger partial charge in [0.2, 0.25) is 5.52 Å². The Hall–Kier alpha value is 0.220. The summed E-state index contributed by atoms with van der Waals surface area (Å²) in [6.07, 6.45) is 7.97. The van der Waals surface area contributed by atoms with Gasteiger partial charge in [-0.1, -0.05) is 32.1 Å². The van der Waals surface area contributed by atoms with Crippen molar-refractivity contribution in [2.24, 2.45) is 0 Å². The minimum absolute atomic E-state index is 0.164. The first-order valence-corrected chi connectivity index (χ1v) is 13.5.